The molecule has 3 aromatic rings. The number of hydrogen-bond acceptors (Lipinski definition) is 4. The van der Waals surface area contributed by atoms with Crippen molar-refractivity contribution in [2.24, 2.45) is 0 Å². The summed E-state index contributed by atoms with van der Waals surface area (Å²) >= 11 is -2.21. The molecule has 1 atom stereocenters. The van der Waals surface area contributed by atoms with E-state index in [1.165, 1.54) is 12.1 Å². The zero-order valence-electron chi connectivity index (χ0n) is 10.4. The van der Waals surface area contributed by atoms with Crippen LogP contribution in [0.25, 0.3) is 11.0 Å². The molecule has 102 valence electrons. The smallest absolute Gasteiger partial charge is 0.146 e. The first-order chi connectivity index (χ1) is 9.72. The van der Waals surface area contributed by atoms with Crippen LogP contribution in [-0.2, 0) is 17.7 Å². The molecule has 0 spiro atoms. The van der Waals surface area contributed by atoms with E-state index >= 15 is 0 Å². The van der Waals surface area contributed by atoms with E-state index in [2.05, 4.69) is 9.97 Å². The number of rotatable bonds is 4. The second kappa shape index (κ2) is 5.44. The van der Waals surface area contributed by atoms with E-state index in [4.69, 9.17) is 4.74 Å². The molecule has 2 aromatic carbocycles. The highest BCUT2D eigenvalue weighted by atomic mass is 32.2. The standard InChI is InChI=1S/C14H12N2O3S/c17-20(18)11-7-5-10(6-8-11)19-9-14-15-12-3-1-2-4-13(12)16-14/h1-8H,9H2,(H,15,16)(H,17,18)/p-1. The Bertz CT molecular complexity index is 719. The fourth-order valence-corrected chi connectivity index (χ4v) is 2.23. The van der Waals surface area contributed by atoms with Gasteiger partial charge in [0, 0.05) is 4.90 Å². The molecular weight excluding hydrogens is 276 g/mol. The van der Waals surface area contributed by atoms with Gasteiger partial charge >= 0.3 is 0 Å². The Morgan fingerprint density at radius 3 is 2.60 bits per heavy atom. The molecule has 0 radical (unpaired) electrons. The molecule has 0 fully saturated rings. The number of nitrogens with one attached hydrogen (secondary N) is 1. The van der Waals surface area contributed by atoms with Crippen molar-refractivity contribution in [3.8, 4) is 5.75 Å². The maximum atomic E-state index is 10.7. The zero-order valence-corrected chi connectivity index (χ0v) is 11.2. The zero-order chi connectivity index (χ0) is 13.9. The van der Waals surface area contributed by atoms with Gasteiger partial charge in [-0.15, -0.1) is 0 Å². The predicted molar refractivity (Wildman–Crippen MR) is 74.1 cm³/mol. The number of para-hydroxylation sites is 2. The molecule has 0 bridgehead atoms. The molecule has 5 nitrogen and oxygen atoms in total. The molecule has 0 aliphatic carbocycles. The molecule has 0 saturated carbocycles. The van der Waals surface area contributed by atoms with Crippen LogP contribution < -0.4 is 4.74 Å². The normalized spacial score (nSPS) is 12.4. The molecule has 1 aromatic heterocycles. The summed E-state index contributed by atoms with van der Waals surface area (Å²) in [5.41, 5.74) is 1.85. The summed E-state index contributed by atoms with van der Waals surface area (Å²) in [4.78, 5) is 7.79. The second-order valence-corrected chi connectivity index (χ2v) is 5.14. The van der Waals surface area contributed by atoms with E-state index < -0.39 is 11.1 Å². The minimum Gasteiger partial charge on any atom is -0.768 e. The van der Waals surface area contributed by atoms with Gasteiger partial charge in [-0.1, -0.05) is 12.1 Å². The van der Waals surface area contributed by atoms with E-state index in [9.17, 15) is 8.76 Å². The number of aromatic amines is 1. The molecule has 1 heterocycles. The van der Waals surface area contributed by atoms with Crippen LogP contribution in [0.2, 0.25) is 0 Å². The summed E-state index contributed by atoms with van der Waals surface area (Å²) in [5.74, 6) is 1.32. The van der Waals surface area contributed by atoms with Crippen molar-refractivity contribution >= 4 is 22.1 Å². The maximum absolute atomic E-state index is 10.7. The van der Waals surface area contributed by atoms with Crippen molar-refractivity contribution in [1.82, 2.24) is 9.97 Å². The van der Waals surface area contributed by atoms with Crippen LogP contribution in [0, 0.1) is 0 Å². The summed E-state index contributed by atoms with van der Waals surface area (Å²) in [5, 5.41) is 0. The minimum absolute atomic E-state index is 0.237. The van der Waals surface area contributed by atoms with Crippen molar-refractivity contribution in [3.05, 3.63) is 54.4 Å². The van der Waals surface area contributed by atoms with Crippen molar-refractivity contribution in [1.29, 1.82) is 0 Å². The lowest BCUT2D eigenvalue weighted by Crippen LogP contribution is -1.97. The van der Waals surface area contributed by atoms with Crippen LogP contribution in [-0.4, -0.2) is 18.7 Å². The highest BCUT2D eigenvalue weighted by Gasteiger charge is 2.03. The molecule has 0 amide bonds. The van der Waals surface area contributed by atoms with Crippen molar-refractivity contribution in [2.45, 2.75) is 11.5 Å². The monoisotopic (exact) mass is 287 g/mol. The number of fused-ring (bicyclic) bond motifs is 1. The summed E-state index contributed by atoms with van der Waals surface area (Å²) in [6.07, 6.45) is 0. The lowest BCUT2D eigenvalue weighted by Gasteiger charge is -2.07. The molecule has 20 heavy (non-hydrogen) atoms. The highest BCUT2D eigenvalue weighted by molar-refractivity contribution is 7.79. The highest BCUT2D eigenvalue weighted by Crippen LogP contribution is 2.16. The molecule has 3 rings (SSSR count). The van der Waals surface area contributed by atoms with E-state index in [0.29, 0.717) is 12.4 Å². The topological polar surface area (TPSA) is 78.0 Å². The van der Waals surface area contributed by atoms with Crippen LogP contribution in [0.5, 0.6) is 5.75 Å². The summed E-state index contributed by atoms with van der Waals surface area (Å²) in [6, 6.07) is 14.0. The molecule has 1 unspecified atom stereocenters. The first-order valence-electron chi connectivity index (χ1n) is 5.98. The minimum atomic E-state index is -2.21. The quantitative estimate of drug-likeness (QED) is 0.747. The van der Waals surface area contributed by atoms with Gasteiger partial charge in [-0.25, -0.2) is 4.98 Å². The van der Waals surface area contributed by atoms with Crippen LogP contribution in [0.4, 0.5) is 0 Å². The lowest BCUT2D eigenvalue weighted by atomic mass is 10.3. The fourth-order valence-electron chi connectivity index (χ4n) is 1.87. The Balaban J connectivity index is 1.71. The van der Waals surface area contributed by atoms with Gasteiger partial charge in [0.05, 0.1) is 11.0 Å². The fraction of sp³-hybridized carbons (Fsp3) is 0.0714. The average Bonchev–Trinajstić information content (AvgIpc) is 2.88. The number of nitrogens with zero attached hydrogens (tertiary/aromatic N) is 1. The summed E-state index contributed by atoms with van der Waals surface area (Å²) < 4.78 is 27.0. The van der Waals surface area contributed by atoms with Crippen molar-refractivity contribution < 1.29 is 13.5 Å². The van der Waals surface area contributed by atoms with Crippen LogP contribution in [0.1, 0.15) is 5.82 Å². The lowest BCUT2D eigenvalue weighted by molar-refractivity contribution is 0.297. The number of benzene rings is 2. The van der Waals surface area contributed by atoms with Gasteiger partial charge in [0.15, 0.2) is 0 Å². The van der Waals surface area contributed by atoms with Gasteiger partial charge in [-0.3, -0.25) is 4.21 Å². The van der Waals surface area contributed by atoms with Gasteiger partial charge < -0.3 is 14.3 Å². The van der Waals surface area contributed by atoms with Gasteiger partial charge in [-0.05, 0) is 47.5 Å². The first-order valence-corrected chi connectivity index (χ1v) is 7.05. The summed E-state index contributed by atoms with van der Waals surface area (Å²) in [7, 11) is 0. The van der Waals surface area contributed by atoms with Gasteiger partial charge in [0.1, 0.15) is 18.2 Å². The van der Waals surface area contributed by atoms with Crippen molar-refractivity contribution in [3.63, 3.8) is 0 Å². The molecule has 0 aliphatic heterocycles. The van der Waals surface area contributed by atoms with E-state index in [-0.39, 0.29) is 4.90 Å². The van der Waals surface area contributed by atoms with E-state index in [0.717, 1.165) is 16.9 Å². The third kappa shape index (κ3) is 2.71. The Kier molecular flexibility index (Phi) is 3.49. The number of hydrogen-bond donors (Lipinski definition) is 1. The number of ether oxygens (including phenoxy) is 1. The van der Waals surface area contributed by atoms with Crippen LogP contribution in [0.15, 0.2) is 53.4 Å². The molecular formula is C14H11N2O3S-. The Morgan fingerprint density at radius 1 is 1.15 bits per heavy atom. The Morgan fingerprint density at radius 2 is 1.90 bits per heavy atom. The third-order valence-corrected chi connectivity index (χ3v) is 3.49. The first kappa shape index (κ1) is 12.8. The molecule has 6 heteroatoms. The summed E-state index contributed by atoms with van der Waals surface area (Å²) in [6.45, 7) is 0.300. The largest absolute Gasteiger partial charge is 0.768 e. The number of aromatic nitrogens is 2. The Hall–Kier alpha value is -2.18. The van der Waals surface area contributed by atoms with Gasteiger partial charge in [-0.2, -0.15) is 0 Å². The van der Waals surface area contributed by atoms with E-state index in [1.807, 2.05) is 24.3 Å². The predicted octanol–water partition coefficient (Wildman–Crippen LogP) is 2.38. The molecule has 1 N–H and O–H groups in total. The van der Waals surface area contributed by atoms with Crippen LogP contribution >= 0.6 is 0 Å². The number of imidazole rings is 1. The SMILES string of the molecule is O=S([O-])c1ccc(OCc2nc3ccccc3[nH]2)cc1. The molecule has 0 aliphatic rings. The third-order valence-electron chi connectivity index (χ3n) is 2.83. The van der Waals surface area contributed by atoms with Gasteiger partial charge in [0.25, 0.3) is 0 Å². The molecule has 0 saturated heterocycles. The van der Waals surface area contributed by atoms with Gasteiger partial charge in [0.2, 0.25) is 0 Å². The second-order valence-electron chi connectivity index (χ2n) is 4.20. The Labute approximate surface area is 117 Å². The van der Waals surface area contributed by atoms with E-state index in [1.54, 1.807) is 12.1 Å². The van der Waals surface area contributed by atoms with Crippen LogP contribution in [0.3, 0.4) is 0 Å². The maximum Gasteiger partial charge on any atom is 0.146 e. The average molecular weight is 287 g/mol. The number of H-pyrrole nitrogens is 1. The van der Waals surface area contributed by atoms with Crippen molar-refractivity contribution in [2.75, 3.05) is 0 Å².